The van der Waals surface area contributed by atoms with Crippen LogP contribution < -0.4 is 5.73 Å². The van der Waals surface area contributed by atoms with E-state index in [1.54, 1.807) is 11.3 Å². The van der Waals surface area contributed by atoms with Crippen LogP contribution in [-0.4, -0.2) is 29.0 Å². The molecule has 1 saturated heterocycles. The highest BCUT2D eigenvalue weighted by molar-refractivity contribution is 7.09. The second-order valence-corrected chi connectivity index (χ2v) is 5.80. The molecule has 0 bridgehead atoms. The summed E-state index contributed by atoms with van der Waals surface area (Å²) in [5, 5.41) is 0. The molecule has 2 heterocycles. The molecule has 90 valence electrons. The van der Waals surface area contributed by atoms with Gasteiger partial charge in [-0.1, -0.05) is 0 Å². The van der Waals surface area contributed by atoms with Crippen LogP contribution in [0.1, 0.15) is 17.7 Å². The average Bonchev–Trinajstić information content (AvgIpc) is 2.88. The lowest BCUT2D eigenvalue weighted by atomic mass is 9.98. The van der Waals surface area contributed by atoms with Crippen molar-refractivity contribution in [2.24, 2.45) is 17.6 Å². The van der Waals surface area contributed by atoms with Gasteiger partial charge in [0.15, 0.2) is 0 Å². The Morgan fingerprint density at radius 2 is 2.31 bits per heavy atom. The molecule has 2 N–H and O–H groups in total. The summed E-state index contributed by atoms with van der Waals surface area (Å²) in [6.45, 7) is 3.52. The van der Waals surface area contributed by atoms with E-state index >= 15 is 0 Å². The van der Waals surface area contributed by atoms with Crippen LogP contribution in [0.5, 0.6) is 0 Å². The minimum atomic E-state index is 0. The summed E-state index contributed by atoms with van der Waals surface area (Å²) in [6.07, 6.45) is 4.56. The normalized spacial score (nSPS) is 33.7. The molecule has 1 aromatic heterocycles. The Hall–Kier alpha value is -0.160. The van der Waals surface area contributed by atoms with E-state index in [0.29, 0.717) is 6.04 Å². The van der Waals surface area contributed by atoms with Crippen LogP contribution in [0.2, 0.25) is 0 Å². The van der Waals surface area contributed by atoms with Crippen molar-refractivity contribution in [3.63, 3.8) is 0 Å². The van der Waals surface area contributed by atoms with E-state index in [9.17, 15) is 0 Å². The molecule has 5 heteroatoms. The van der Waals surface area contributed by atoms with Crippen molar-refractivity contribution in [3.8, 4) is 0 Å². The van der Waals surface area contributed by atoms with E-state index in [2.05, 4.69) is 9.88 Å². The lowest BCUT2D eigenvalue weighted by molar-refractivity contribution is 0.300. The van der Waals surface area contributed by atoms with E-state index in [1.807, 2.05) is 11.7 Å². The summed E-state index contributed by atoms with van der Waals surface area (Å²) in [6, 6.07) is 0.460. The number of hydrogen-bond donors (Lipinski definition) is 1. The van der Waals surface area contributed by atoms with Gasteiger partial charge in [0.05, 0.1) is 5.51 Å². The Labute approximate surface area is 106 Å². The molecule has 1 saturated carbocycles. The summed E-state index contributed by atoms with van der Waals surface area (Å²) >= 11 is 1.75. The van der Waals surface area contributed by atoms with E-state index in [-0.39, 0.29) is 12.4 Å². The van der Waals surface area contributed by atoms with Gasteiger partial charge in [0.25, 0.3) is 0 Å². The van der Waals surface area contributed by atoms with Crippen molar-refractivity contribution in [1.29, 1.82) is 0 Å². The first-order valence-electron chi connectivity index (χ1n) is 5.68. The second-order valence-electron chi connectivity index (χ2n) is 4.83. The number of hydrogen-bond acceptors (Lipinski definition) is 4. The molecule has 0 aromatic carbocycles. The Balaban J connectivity index is 0.000000963. The van der Waals surface area contributed by atoms with Crippen molar-refractivity contribution < 1.29 is 0 Å². The Morgan fingerprint density at radius 3 is 3.00 bits per heavy atom. The van der Waals surface area contributed by atoms with Gasteiger partial charge in [0.2, 0.25) is 0 Å². The average molecular weight is 260 g/mol. The second kappa shape index (κ2) is 5.00. The molecular formula is C11H18ClN3S. The van der Waals surface area contributed by atoms with Gasteiger partial charge in [0.1, 0.15) is 0 Å². The number of halogens is 1. The van der Waals surface area contributed by atoms with Crippen LogP contribution in [0.4, 0.5) is 0 Å². The number of likely N-dealkylation sites (tertiary alicyclic amines) is 1. The van der Waals surface area contributed by atoms with E-state index in [4.69, 9.17) is 5.73 Å². The Kier molecular flexibility index (Phi) is 3.85. The standard InChI is InChI=1S/C11H17N3S.ClH/c12-11-2-1-8-4-14(6-10(8)11)5-9-3-13-7-15-9;/h3,7-8,10-11H,1-2,4-6,12H2;1H. The predicted octanol–water partition coefficient (Wildman–Crippen LogP) is 1.73. The smallest absolute Gasteiger partial charge is 0.0794 e. The molecule has 2 fully saturated rings. The molecule has 1 aliphatic heterocycles. The maximum absolute atomic E-state index is 6.12. The largest absolute Gasteiger partial charge is 0.327 e. The summed E-state index contributed by atoms with van der Waals surface area (Å²) < 4.78 is 0. The summed E-state index contributed by atoms with van der Waals surface area (Å²) in [5.74, 6) is 1.63. The molecule has 0 spiro atoms. The first kappa shape index (κ1) is 12.3. The number of nitrogens with two attached hydrogens (primary N) is 1. The van der Waals surface area contributed by atoms with Crippen molar-refractivity contribution in [3.05, 3.63) is 16.6 Å². The topological polar surface area (TPSA) is 42.1 Å². The van der Waals surface area contributed by atoms with Crippen molar-refractivity contribution in [2.75, 3.05) is 13.1 Å². The van der Waals surface area contributed by atoms with Gasteiger partial charge in [-0.2, -0.15) is 0 Å². The minimum Gasteiger partial charge on any atom is -0.327 e. The number of thiazole rings is 1. The molecule has 0 radical (unpaired) electrons. The van der Waals surface area contributed by atoms with E-state index in [1.165, 1.54) is 30.8 Å². The molecule has 1 aromatic rings. The lowest BCUT2D eigenvalue weighted by Gasteiger charge is -2.17. The van der Waals surface area contributed by atoms with Crippen molar-refractivity contribution in [1.82, 2.24) is 9.88 Å². The van der Waals surface area contributed by atoms with Crippen LogP contribution in [0.3, 0.4) is 0 Å². The third-order valence-corrected chi connectivity index (χ3v) is 4.62. The van der Waals surface area contributed by atoms with Gasteiger partial charge in [0, 0.05) is 36.8 Å². The third kappa shape index (κ3) is 2.25. The highest BCUT2D eigenvalue weighted by atomic mass is 35.5. The highest BCUT2D eigenvalue weighted by Gasteiger charge is 2.40. The monoisotopic (exact) mass is 259 g/mol. The van der Waals surface area contributed by atoms with Gasteiger partial charge in [-0.05, 0) is 24.7 Å². The Bertz CT molecular complexity index is 330. The van der Waals surface area contributed by atoms with Gasteiger partial charge < -0.3 is 5.73 Å². The van der Waals surface area contributed by atoms with Crippen LogP contribution >= 0.6 is 23.7 Å². The summed E-state index contributed by atoms with van der Waals surface area (Å²) in [7, 11) is 0. The number of fused-ring (bicyclic) bond motifs is 1. The fourth-order valence-electron chi connectivity index (χ4n) is 3.07. The maximum Gasteiger partial charge on any atom is 0.0794 e. The molecule has 16 heavy (non-hydrogen) atoms. The number of rotatable bonds is 2. The molecule has 0 amide bonds. The zero-order valence-corrected chi connectivity index (χ0v) is 10.8. The van der Waals surface area contributed by atoms with Gasteiger partial charge in [-0.15, -0.1) is 23.7 Å². The highest BCUT2D eigenvalue weighted by Crippen LogP contribution is 2.37. The SMILES string of the molecule is Cl.NC1CCC2CN(Cc3cncs3)CC12. The van der Waals surface area contributed by atoms with Crippen molar-refractivity contribution in [2.45, 2.75) is 25.4 Å². The molecule has 1 aliphatic carbocycles. The van der Waals surface area contributed by atoms with E-state index in [0.717, 1.165) is 18.4 Å². The molecule has 3 unspecified atom stereocenters. The Morgan fingerprint density at radius 1 is 1.44 bits per heavy atom. The molecular weight excluding hydrogens is 242 g/mol. The number of nitrogens with zero attached hydrogens (tertiary/aromatic N) is 2. The van der Waals surface area contributed by atoms with Crippen LogP contribution in [0.25, 0.3) is 0 Å². The molecule has 2 aliphatic rings. The van der Waals surface area contributed by atoms with Crippen LogP contribution in [0.15, 0.2) is 11.7 Å². The van der Waals surface area contributed by atoms with Crippen LogP contribution in [0, 0.1) is 11.8 Å². The quantitative estimate of drug-likeness (QED) is 0.880. The lowest BCUT2D eigenvalue weighted by Crippen LogP contribution is -2.30. The maximum atomic E-state index is 6.12. The summed E-state index contributed by atoms with van der Waals surface area (Å²) in [4.78, 5) is 8.04. The predicted molar refractivity (Wildman–Crippen MR) is 68.8 cm³/mol. The van der Waals surface area contributed by atoms with Gasteiger partial charge in [-0.25, -0.2) is 0 Å². The number of aromatic nitrogens is 1. The van der Waals surface area contributed by atoms with Crippen LogP contribution in [-0.2, 0) is 6.54 Å². The fourth-order valence-corrected chi connectivity index (χ4v) is 3.71. The zero-order valence-electron chi connectivity index (χ0n) is 9.21. The molecule has 3 rings (SSSR count). The summed E-state index contributed by atoms with van der Waals surface area (Å²) in [5.41, 5.74) is 8.03. The van der Waals surface area contributed by atoms with Crippen molar-refractivity contribution >= 4 is 23.7 Å². The first-order valence-corrected chi connectivity index (χ1v) is 6.56. The third-order valence-electron chi connectivity index (χ3n) is 3.85. The molecule has 3 atom stereocenters. The first-order chi connectivity index (χ1) is 7.33. The van der Waals surface area contributed by atoms with Gasteiger partial charge >= 0.3 is 0 Å². The van der Waals surface area contributed by atoms with E-state index < -0.39 is 0 Å². The minimum absolute atomic E-state index is 0. The molecule has 3 nitrogen and oxygen atoms in total. The fraction of sp³-hybridized carbons (Fsp3) is 0.727. The zero-order chi connectivity index (χ0) is 10.3. The van der Waals surface area contributed by atoms with Gasteiger partial charge in [-0.3, -0.25) is 9.88 Å².